The lowest BCUT2D eigenvalue weighted by molar-refractivity contribution is 0.0697. The number of aromatic carboxylic acids is 1. The quantitative estimate of drug-likeness (QED) is 0.880. The van der Waals surface area contributed by atoms with E-state index >= 15 is 0 Å². The van der Waals surface area contributed by atoms with Crippen molar-refractivity contribution in [2.24, 2.45) is 0 Å². The number of carboxylic acid groups (broad SMARTS) is 1. The highest BCUT2D eigenvalue weighted by molar-refractivity contribution is 5.94. The van der Waals surface area contributed by atoms with Crippen LogP contribution in [0.15, 0.2) is 36.5 Å². The summed E-state index contributed by atoms with van der Waals surface area (Å²) in [5.41, 5.74) is 8.27. The van der Waals surface area contributed by atoms with Crippen molar-refractivity contribution in [1.82, 2.24) is 4.98 Å². The van der Waals surface area contributed by atoms with Crippen molar-refractivity contribution in [2.75, 3.05) is 24.7 Å². The van der Waals surface area contributed by atoms with Crippen LogP contribution in [0, 0.1) is 0 Å². The summed E-state index contributed by atoms with van der Waals surface area (Å²) in [6.07, 6.45) is 1.58. The Bertz CT molecular complexity index is 607. The molecule has 0 radical (unpaired) electrons. The van der Waals surface area contributed by atoms with Crippen molar-refractivity contribution in [3.8, 4) is 11.1 Å². The molecular formula is C14H15N3O2. The van der Waals surface area contributed by atoms with Gasteiger partial charge in [0.15, 0.2) is 0 Å². The van der Waals surface area contributed by atoms with Crippen molar-refractivity contribution >= 4 is 17.5 Å². The molecule has 1 heterocycles. The van der Waals surface area contributed by atoms with Gasteiger partial charge < -0.3 is 15.7 Å². The molecule has 0 atom stereocenters. The number of hydrogen-bond acceptors (Lipinski definition) is 4. The number of anilines is 2. The number of rotatable bonds is 3. The molecule has 0 spiro atoms. The number of pyridine rings is 1. The smallest absolute Gasteiger partial charge is 0.339 e. The second-order valence-corrected chi connectivity index (χ2v) is 4.40. The Morgan fingerprint density at radius 2 is 1.84 bits per heavy atom. The fourth-order valence-corrected chi connectivity index (χ4v) is 1.76. The molecule has 0 aliphatic rings. The first-order chi connectivity index (χ1) is 8.99. The van der Waals surface area contributed by atoms with E-state index in [0.717, 1.165) is 16.8 Å². The van der Waals surface area contributed by atoms with E-state index in [1.807, 2.05) is 43.3 Å². The Labute approximate surface area is 111 Å². The van der Waals surface area contributed by atoms with Gasteiger partial charge >= 0.3 is 5.97 Å². The van der Waals surface area contributed by atoms with Gasteiger partial charge in [-0.3, -0.25) is 0 Å². The maximum absolute atomic E-state index is 11.0. The number of nitrogens with two attached hydrogens (primary N) is 1. The number of carboxylic acids is 1. The Kier molecular flexibility index (Phi) is 3.37. The zero-order valence-corrected chi connectivity index (χ0v) is 10.8. The first kappa shape index (κ1) is 12.9. The van der Waals surface area contributed by atoms with E-state index < -0.39 is 5.97 Å². The van der Waals surface area contributed by atoms with Crippen molar-refractivity contribution in [2.45, 2.75) is 0 Å². The number of nitrogens with zero attached hydrogens (tertiary/aromatic N) is 2. The molecular weight excluding hydrogens is 242 g/mol. The second kappa shape index (κ2) is 4.97. The van der Waals surface area contributed by atoms with Gasteiger partial charge in [-0.1, -0.05) is 12.1 Å². The van der Waals surface area contributed by atoms with E-state index in [1.165, 1.54) is 6.07 Å². The monoisotopic (exact) mass is 257 g/mol. The molecule has 1 aromatic heterocycles. The summed E-state index contributed by atoms with van der Waals surface area (Å²) in [5, 5.41) is 9.03. The predicted molar refractivity (Wildman–Crippen MR) is 75.4 cm³/mol. The lowest BCUT2D eigenvalue weighted by Crippen LogP contribution is -2.08. The molecule has 5 nitrogen and oxygen atoms in total. The van der Waals surface area contributed by atoms with Crippen molar-refractivity contribution in [3.63, 3.8) is 0 Å². The average Bonchev–Trinajstić information content (AvgIpc) is 2.39. The maximum atomic E-state index is 11.0. The summed E-state index contributed by atoms with van der Waals surface area (Å²) in [6, 6.07) is 9.32. The van der Waals surface area contributed by atoms with Crippen LogP contribution in [0.1, 0.15) is 10.4 Å². The lowest BCUT2D eigenvalue weighted by Gasteiger charge is -2.13. The molecule has 5 heteroatoms. The Hall–Kier alpha value is -2.56. The molecule has 0 amide bonds. The van der Waals surface area contributed by atoms with Crippen LogP contribution in [0.4, 0.5) is 11.5 Å². The standard InChI is InChI=1S/C14H15N3O2/c1-17(2)11-5-3-9(4-6-11)10-7-12(14(18)19)13(15)16-8-10/h3-8H,1-2H3,(H2,15,16)(H,18,19). The Morgan fingerprint density at radius 1 is 1.21 bits per heavy atom. The molecule has 0 fully saturated rings. The van der Waals surface area contributed by atoms with Gasteiger partial charge in [0.25, 0.3) is 0 Å². The summed E-state index contributed by atoms with van der Waals surface area (Å²) in [5.74, 6) is -1.04. The van der Waals surface area contributed by atoms with Crippen LogP contribution in [0.5, 0.6) is 0 Å². The molecule has 1 aromatic carbocycles. The first-order valence-corrected chi connectivity index (χ1v) is 5.75. The minimum atomic E-state index is -1.07. The third-order valence-corrected chi connectivity index (χ3v) is 2.87. The van der Waals surface area contributed by atoms with E-state index in [1.54, 1.807) is 6.20 Å². The van der Waals surface area contributed by atoms with Crippen LogP contribution in [-0.2, 0) is 0 Å². The third-order valence-electron chi connectivity index (χ3n) is 2.87. The normalized spacial score (nSPS) is 10.2. The highest BCUT2D eigenvalue weighted by Gasteiger charge is 2.11. The molecule has 0 aliphatic heterocycles. The van der Waals surface area contributed by atoms with Gasteiger partial charge in [0.05, 0.1) is 0 Å². The fourth-order valence-electron chi connectivity index (χ4n) is 1.76. The van der Waals surface area contributed by atoms with Crippen LogP contribution in [0.3, 0.4) is 0 Å². The van der Waals surface area contributed by atoms with Gasteiger partial charge in [-0.2, -0.15) is 0 Å². The van der Waals surface area contributed by atoms with Gasteiger partial charge in [-0.25, -0.2) is 9.78 Å². The van der Waals surface area contributed by atoms with Gasteiger partial charge in [-0.15, -0.1) is 0 Å². The topological polar surface area (TPSA) is 79.5 Å². The van der Waals surface area contributed by atoms with E-state index in [0.29, 0.717) is 0 Å². The summed E-state index contributed by atoms with van der Waals surface area (Å²) >= 11 is 0. The third kappa shape index (κ3) is 2.65. The zero-order chi connectivity index (χ0) is 14.0. The largest absolute Gasteiger partial charge is 0.478 e. The second-order valence-electron chi connectivity index (χ2n) is 4.40. The van der Waals surface area contributed by atoms with E-state index in [4.69, 9.17) is 10.8 Å². The van der Waals surface area contributed by atoms with Crippen LogP contribution >= 0.6 is 0 Å². The van der Waals surface area contributed by atoms with Crippen LogP contribution in [0.2, 0.25) is 0 Å². The molecule has 2 aromatic rings. The zero-order valence-electron chi connectivity index (χ0n) is 10.8. The maximum Gasteiger partial charge on any atom is 0.339 e. The predicted octanol–water partition coefficient (Wildman–Crippen LogP) is 2.09. The number of carbonyl (C=O) groups is 1. The average molecular weight is 257 g/mol. The molecule has 0 aliphatic carbocycles. The van der Waals surface area contributed by atoms with Crippen molar-refractivity contribution in [1.29, 1.82) is 0 Å². The minimum absolute atomic E-state index is 0.0224. The molecule has 2 rings (SSSR count). The Balaban J connectivity index is 2.41. The summed E-state index contributed by atoms with van der Waals surface area (Å²) < 4.78 is 0. The molecule has 3 N–H and O–H groups in total. The molecule has 0 bridgehead atoms. The Morgan fingerprint density at radius 3 is 2.37 bits per heavy atom. The van der Waals surface area contributed by atoms with E-state index in [9.17, 15) is 4.79 Å². The number of nitrogen functional groups attached to an aromatic ring is 1. The number of hydrogen-bond donors (Lipinski definition) is 2. The van der Waals surface area contributed by atoms with Gasteiger partial charge in [0.2, 0.25) is 0 Å². The molecule has 19 heavy (non-hydrogen) atoms. The SMILES string of the molecule is CN(C)c1ccc(-c2cnc(N)c(C(=O)O)c2)cc1. The summed E-state index contributed by atoms with van der Waals surface area (Å²) in [6.45, 7) is 0. The van der Waals surface area contributed by atoms with Crippen LogP contribution < -0.4 is 10.6 Å². The molecule has 98 valence electrons. The number of aromatic nitrogens is 1. The van der Waals surface area contributed by atoms with Crippen molar-refractivity contribution in [3.05, 3.63) is 42.1 Å². The molecule has 0 saturated heterocycles. The highest BCUT2D eigenvalue weighted by atomic mass is 16.4. The highest BCUT2D eigenvalue weighted by Crippen LogP contribution is 2.24. The van der Waals surface area contributed by atoms with Crippen LogP contribution in [-0.4, -0.2) is 30.2 Å². The fraction of sp³-hybridized carbons (Fsp3) is 0.143. The van der Waals surface area contributed by atoms with Crippen LogP contribution in [0.25, 0.3) is 11.1 Å². The van der Waals surface area contributed by atoms with Crippen molar-refractivity contribution < 1.29 is 9.90 Å². The molecule has 0 unspecified atom stereocenters. The van der Waals surface area contributed by atoms with Gasteiger partial charge in [-0.05, 0) is 23.8 Å². The minimum Gasteiger partial charge on any atom is -0.478 e. The summed E-state index contributed by atoms with van der Waals surface area (Å²) in [4.78, 5) is 16.9. The lowest BCUT2D eigenvalue weighted by atomic mass is 10.1. The van der Waals surface area contributed by atoms with Gasteiger partial charge in [0.1, 0.15) is 11.4 Å². The van der Waals surface area contributed by atoms with E-state index in [2.05, 4.69) is 4.98 Å². The van der Waals surface area contributed by atoms with Gasteiger partial charge in [0, 0.05) is 31.5 Å². The van der Waals surface area contributed by atoms with E-state index in [-0.39, 0.29) is 11.4 Å². The molecule has 0 saturated carbocycles. The summed E-state index contributed by atoms with van der Waals surface area (Å²) in [7, 11) is 3.92. The first-order valence-electron chi connectivity index (χ1n) is 5.75. The number of benzene rings is 1.